The number of hydrogen-bond donors (Lipinski definition) is 2. The summed E-state index contributed by atoms with van der Waals surface area (Å²) in [4.78, 5) is 23.0. The Morgan fingerprint density at radius 1 is 0.955 bits per heavy atom. The van der Waals surface area contributed by atoms with Crippen LogP contribution in [-0.2, 0) is 16.0 Å². The zero-order valence-corrected chi connectivity index (χ0v) is 12.8. The van der Waals surface area contributed by atoms with Crippen molar-refractivity contribution in [2.24, 2.45) is 0 Å². The second kappa shape index (κ2) is 7.41. The molecule has 2 aromatic carbocycles. The van der Waals surface area contributed by atoms with E-state index in [9.17, 15) is 9.59 Å². The second-order valence-electron chi connectivity index (χ2n) is 5.30. The first-order valence-corrected chi connectivity index (χ1v) is 7.26. The number of aryl methyl sites for hydroxylation is 2. The fourth-order valence-corrected chi connectivity index (χ4v) is 2.23. The Morgan fingerprint density at radius 2 is 1.64 bits per heavy atom. The number of benzene rings is 2. The zero-order valence-electron chi connectivity index (χ0n) is 12.8. The molecule has 0 aliphatic rings. The van der Waals surface area contributed by atoms with Crippen LogP contribution in [0.4, 0.5) is 11.4 Å². The molecule has 0 aliphatic carbocycles. The maximum absolute atomic E-state index is 12.0. The summed E-state index contributed by atoms with van der Waals surface area (Å²) in [6, 6.07) is 15.3. The molecule has 0 bridgehead atoms. The van der Waals surface area contributed by atoms with Crippen LogP contribution in [0.5, 0.6) is 0 Å². The average Bonchev–Trinajstić information content (AvgIpc) is 2.45. The highest BCUT2D eigenvalue weighted by atomic mass is 16.2. The van der Waals surface area contributed by atoms with E-state index in [0.29, 0.717) is 24.2 Å². The van der Waals surface area contributed by atoms with E-state index in [1.165, 1.54) is 12.5 Å². The van der Waals surface area contributed by atoms with Crippen LogP contribution in [0.25, 0.3) is 0 Å². The van der Waals surface area contributed by atoms with E-state index in [4.69, 9.17) is 0 Å². The molecule has 0 unspecified atom stereocenters. The van der Waals surface area contributed by atoms with Gasteiger partial charge in [0.25, 0.3) is 0 Å². The molecule has 2 aromatic rings. The summed E-state index contributed by atoms with van der Waals surface area (Å²) in [5.74, 6) is -0.176. The van der Waals surface area contributed by atoms with Gasteiger partial charge in [0.2, 0.25) is 11.8 Å². The molecular weight excluding hydrogens is 276 g/mol. The van der Waals surface area contributed by atoms with Gasteiger partial charge in [0.05, 0.1) is 0 Å². The second-order valence-corrected chi connectivity index (χ2v) is 5.30. The molecule has 0 spiro atoms. The van der Waals surface area contributed by atoms with Crippen molar-refractivity contribution in [2.45, 2.75) is 26.7 Å². The molecule has 0 saturated heterocycles. The van der Waals surface area contributed by atoms with Gasteiger partial charge in [-0.2, -0.15) is 0 Å². The highest BCUT2D eigenvalue weighted by molar-refractivity contribution is 5.93. The third kappa shape index (κ3) is 5.05. The number of rotatable bonds is 5. The van der Waals surface area contributed by atoms with Gasteiger partial charge in [-0.05, 0) is 37.1 Å². The van der Waals surface area contributed by atoms with Crippen LogP contribution < -0.4 is 10.6 Å². The highest BCUT2D eigenvalue weighted by Gasteiger charge is 2.04. The Labute approximate surface area is 130 Å². The van der Waals surface area contributed by atoms with Gasteiger partial charge < -0.3 is 10.6 Å². The minimum atomic E-state index is -0.136. The fourth-order valence-electron chi connectivity index (χ4n) is 2.23. The quantitative estimate of drug-likeness (QED) is 0.887. The minimum absolute atomic E-state index is 0.0403. The van der Waals surface area contributed by atoms with Crippen LogP contribution >= 0.6 is 0 Å². The third-order valence-corrected chi connectivity index (χ3v) is 3.19. The van der Waals surface area contributed by atoms with E-state index < -0.39 is 0 Å². The van der Waals surface area contributed by atoms with E-state index in [2.05, 4.69) is 16.7 Å². The Bertz CT molecular complexity index is 680. The van der Waals surface area contributed by atoms with Gasteiger partial charge in [-0.25, -0.2) is 0 Å². The minimum Gasteiger partial charge on any atom is -0.326 e. The molecule has 114 valence electrons. The zero-order chi connectivity index (χ0) is 15.9. The molecule has 0 saturated carbocycles. The molecule has 0 aliphatic heterocycles. The van der Waals surface area contributed by atoms with Gasteiger partial charge in [-0.15, -0.1) is 0 Å². The lowest BCUT2D eigenvalue weighted by Crippen LogP contribution is -2.13. The molecule has 4 heteroatoms. The van der Waals surface area contributed by atoms with Crippen molar-refractivity contribution in [3.8, 4) is 0 Å². The van der Waals surface area contributed by atoms with Gasteiger partial charge >= 0.3 is 0 Å². The van der Waals surface area contributed by atoms with Crippen LogP contribution in [0.3, 0.4) is 0 Å². The number of amides is 2. The summed E-state index contributed by atoms with van der Waals surface area (Å²) < 4.78 is 0. The first kappa shape index (κ1) is 15.8. The number of carbonyl (C=O) groups excluding carboxylic acids is 2. The largest absolute Gasteiger partial charge is 0.326 e. The molecule has 2 amide bonds. The first-order chi connectivity index (χ1) is 10.5. The summed E-state index contributed by atoms with van der Waals surface area (Å²) in [7, 11) is 0. The average molecular weight is 296 g/mol. The molecule has 0 heterocycles. The monoisotopic (exact) mass is 296 g/mol. The molecule has 0 radical (unpaired) electrons. The Balaban J connectivity index is 1.90. The summed E-state index contributed by atoms with van der Waals surface area (Å²) in [5, 5.41) is 5.54. The van der Waals surface area contributed by atoms with E-state index in [-0.39, 0.29) is 11.8 Å². The van der Waals surface area contributed by atoms with Crippen molar-refractivity contribution in [3.63, 3.8) is 0 Å². The van der Waals surface area contributed by atoms with Crippen LogP contribution in [0.2, 0.25) is 0 Å². The van der Waals surface area contributed by atoms with Crippen LogP contribution in [0.1, 0.15) is 24.5 Å². The maximum atomic E-state index is 12.0. The SMILES string of the molecule is CC(=O)Nc1cccc(NC(=O)CCc2cccc(C)c2)c1. The number of hydrogen-bond acceptors (Lipinski definition) is 2. The van der Waals surface area contributed by atoms with Gasteiger partial charge in [0.1, 0.15) is 0 Å². The molecule has 2 rings (SSSR count). The van der Waals surface area contributed by atoms with Gasteiger partial charge in [-0.1, -0.05) is 35.9 Å². The van der Waals surface area contributed by atoms with Crippen molar-refractivity contribution in [2.75, 3.05) is 10.6 Å². The molecule has 2 N–H and O–H groups in total. The van der Waals surface area contributed by atoms with E-state index in [1.54, 1.807) is 24.3 Å². The van der Waals surface area contributed by atoms with Crippen LogP contribution in [0, 0.1) is 6.92 Å². The van der Waals surface area contributed by atoms with Gasteiger partial charge in [0, 0.05) is 24.7 Å². The Kier molecular flexibility index (Phi) is 5.31. The number of anilines is 2. The smallest absolute Gasteiger partial charge is 0.224 e. The van der Waals surface area contributed by atoms with E-state index in [0.717, 1.165) is 5.56 Å². The molecular formula is C18H20N2O2. The normalized spacial score (nSPS) is 10.1. The number of nitrogens with one attached hydrogen (secondary N) is 2. The predicted octanol–water partition coefficient (Wildman–Crippen LogP) is 3.52. The standard InChI is InChI=1S/C18H20N2O2/c1-13-5-3-6-15(11-13)9-10-18(22)20-17-8-4-7-16(12-17)19-14(2)21/h3-8,11-12H,9-10H2,1-2H3,(H,19,21)(H,20,22). The summed E-state index contributed by atoms with van der Waals surface area (Å²) in [6.07, 6.45) is 1.13. The van der Waals surface area contributed by atoms with Gasteiger partial charge in [0.15, 0.2) is 0 Å². The summed E-state index contributed by atoms with van der Waals surface area (Å²) in [5.41, 5.74) is 3.70. The van der Waals surface area contributed by atoms with E-state index in [1.807, 2.05) is 25.1 Å². The van der Waals surface area contributed by atoms with Crippen LogP contribution in [-0.4, -0.2) is 11.8 Å². The predicted molar refractivity (Wildman–Crippen MR) is 88.9 cm³/mol. The lowest BCUT2D eigenvalue weighted by molar-refractivity contribution is -0.116. The fraction of sp³-hybridized carbons (Fsp3) is 0.222. The Hall–Kier alpha value is -2.62. The van der Waals surface area contributed by atoms with Crippen molar-refractivity contribution >= 4 is 23.2 Å². The topological polar surface area (TPSA) is 58.2 Å². The van der Waals surface area contributed by atoms with Crippen molar-refractivity contribution in [1.29, 1.82) is 0 Å². The lowest BCUT2D eigenvalue weighted by atomic mass is 10.1. The summed E-state index contributed by atoms with van der Waals surface area (Å²) >= 11 is 0. The molecule has 0 fully saturated rings. The van der Waals surface area contributed by atoms with E-state index >= 15 is 0 Å². The van der Waals surface area contributed by atoms with Crippen LogP contribution in [0.15, 0.2) is 48.5 Å². The molecule has 22 heavy (non-hydrogen) atoms. The molecule has 0 aromatic heterocycles. The molecule has 0 atom stereocenters. The number of carbonyl (C=O) groups is 2. The highest BCUT2D eigenvalue weighted by Crippen LogP contribution is 2.15. The van der Waals surface area contributed by atoms with Crippen molar-refractivity contribution < 1.29 is 9.59 Å². The molecule has 4 nitrogen and oxygen atoms in total. The summed E-state index contributed by atoms with van der Waals surface area (Å²) in [6.45, 7) is 3.49. The third-order valence-electron chi connectivity index (χ3n) is 3.19. The first-order valence-electron chi connectivity index (χ1n) is 7.26. The maximum Gasteiger partial charge on any atom is 0.224 e. The van der Waals surface area contributed by atoms with Crippen molar-refractivity contribution in [3.05, 3.63) is 59.7 Å². The lowest BCUT2D eigenvalue weighted by Gasteiger charge is -2.08. The van der Waals surface area contributed by atoms with Gasteiger partial charge in [-0.3, -0.25) is 9.59 Å². The van der Waals surface area contributed by atoms with Crippen molar-refractivity contribution in [1.82, 2.24) is 0 Å². The Morgan fingerprint density at radius 3 is 2.32 bits per heavy atom.